The summed E-state index contributed by atoms with van der Waals surface area (Å²) in [7, 11) is 0. The largest absolute Gasteiger partial charge is 0.481 e. The Labute approximate surface area is 98.8 Å². The van der Waals surface area contributed by atoms with Crippen LogP contribution in [-0.4, -0.2) is 35.1 Å². The van der Waals surface area contributed by atoms with Crippen LogP contribution in [0.25, 0.3) is 0 Å². The van der Waals surface area contributed by atoms with Gasteiger partial charge >= 0.3 is 5.97 Å². The second-order valence-corrected chi connectivity index (χ2v) is 5.19. The summed E-state index contributed by atoms with van der Waals surface area (Å²) < 4.78 is 0. The van der Waals surface area contributed by atoms with Crippen LogP contribution in [0.5, 0.6) is 0 Å². The summed E-state index contributed by atoms with van der Waals surface area (Å²) in [6.07, 6.45) is 4.03. The smallest absolute Gasteiger partial charge is 0.304 e. The van der Waals surface area contributed by atoms with Gasteiger partial charge in [-0.2, -0.15) is 0 Å². The molecule has 0 aliphatic heterocycles. The van der Waals surface area contributed by atoms with E-state index in [2.05, 4.69) is 25.7 Å². The number of hydrogen-bond acceptors (Lipinski definition) is 2. The molecule has 0 bridgehead atoms. The van der Waals surface area contributed by atoms with Gasteiger partial charge in [-0.05, 0) is 37.6 Å². The summed E-state index contributed by atoms with van der Waals surface area (Å²) in [5, 5.41) is 8.72. The molecule has 1 rings (SSSR count). The monoisotopic (exact) mass is 227 g/mol. The quantitative estimate of drug-likeness (QED) is 0.785. The van der Waals surface area contributed by atoms with Gasteiger partial charge in [-0.15, -0.1) is 0 Å². The van der Waals surface area contributed by atoms with E-state index in [0.717, 1.165) is 18.4 Å². The molecule has 0 aromatic carbocycles. The first-order valence-corrected chi connectivity index (χ1v) is 6.50. The SMILES string of the molecule is CCN(CCC(=O)O)C1CCC(C)C(C)C1. The van der Waals surface area contributed by atoms with Crippen molar-refractivity contribution in [2.45, 2.75) is 52.5 Å². The van der Waals surface area contributed by atoms with Crippen molar-refractivity contribution >= 4 is 5.97 Å². The van der Waals surface area contributed by atoms with E-state index in [1.807, 2.05) is 0 Å². The van der Waals surface area contributed by atoms with Crippen LogP contribution < -0.4 is 0 Å². The zero-order valence-corrected chi connectivity index (χ0v) is 10.8. The third-order valence-corrected chi connectivity index (χ3v) is 4.11. The first kappa shape index (κ1) is 13.5. The molecule has 0 saturated heterocycles. The highest BCUT2D eigenvalue weighted by atomic mass is 16.4. The van der Waals surface area contributed by atoms with Crippen LogP contribution >= 0.6 is 0 Å². The van der Waals surface area contributed by atoms with E-state index in [9.17, 15) is 4.79 Å². The van der Waals surface area contributed by atoms with Gasteiger partial charge < -0.3 is 10.0 Å². The molecule has 94 valence electrons. The van der Waals surface area contributed by atoms with Crippen LogP contribution in [0.3, 0.4) is 0 Å². The Morgan fingerprint density at radius 1 is 1.31 bits per heavy atom. The Balaban J connectivity index is 2.43. The maximum Gasteiger partial charge on any atom is 0.304 e. The molecular weight excluding hydrogens is 202 g/mol. The van der Waals surface area contributed by atoms with Crippen molar-refractivity contribution in [1.29, 1.82) is 0 Å². The maximum absolute atomic E-state index is 10.6. The summed E-state index contributed by atoms with van der Waals surface area (Å²) >= 11 is 0. The Hall–Kier alpha value is -0.570. The fourth-order valence-electron chi connectivity index (χ4n) is 2.69. The van der Waals surface area contributed by atoms with E-state index in [1.165, 1.54) is 19.3 Å². The number of carboxylic acids is 1. The Kier molecular flexibility index (Phi) is 5.26. The van der Waals surface area contributed by atoms with Crippen molar-refractivity contribution in [2.75, 3.05) is 13.1 Å². The number of carboxylic acid groups (broad SMARTS) is 1. The fraction of sp³-hybridized carbons (Fsp3) is 0.923. The van der Waals surface area contributed by atoms with E-state index in [0.29, 0.717) is 12.6 Å². The van der Waals surface area contributed by atoms with Crippen LogP contribution in [0.2, 0.25) is 0 Å². The molecule has 3 heteroatoms. The molecule has 0 aromatic heterocycles. The Bertz CT molecular complexity index is 230. The van der Waals surface area contributed by atoms with E-state index < -0.39 is 5.97 Å². The van der Waals surface area contributed by atoms with E-state index >= 15 is 0 Å². The van der Waals surface area contributed by atoms with Crippen molar-refractivity contribution in [3.8, 4) is 0 Å². The van der Waals surface area contributed by atoms with E-state index in [4.69, 9.17) is 5.11 Å². The summed E-state index contributed by atoms with van der Waals surface area (Å²) in [5.41, 5.74) is 0. The lowest BCUT2D eigenvalue weighted by Crippen LogP contribution is -2.41. The average molecular weight is 227 g/mol. The molecule has 1 aliphatic rings. The third kappa shape index (κ3) is 3.78. The number of aliphatic carboxylic acids is 1. The normalized spacial score (nSPS) is 30.6. The molecule has 1 N–H and O–H groups in total. The second kappa shape index (κ2) is 6.24. The average Bonchev–Trinajstić information content (AvgIpc) is 2.23. The highest BCUT2D eigenvalue weighted by molar-refractivity contribution is 5.66. The predicted molar refractivity (Wildman–Crippen MR) is 65.5 cm³/mol. The Morgan fingerprint density at radius 2 is 2.00 bits per heavy atom. The summed E-state index contributed by atoms with van der Waals surface area (Å²) in [4.78, 5) is 12.9. The molecule has 0 radical (unpaired) electrons. The van der Waals surface area contributed by atoms with Gasteiger partial charge in [0.15, 0.2) is 0 Å². The van der Waals surface area contributed by atoms with Crippen molar-refractivity contribution in [2.24, 2.45) is 11.8 Å². The third-order valence-electron chi connectivity index (χ3n) is 4.11. The second-order valence-electron chi connectivity index (χ2n) is 5.19. The topological polar surface area (TPSA) is 40.5 Å². The highest BCUT2D eigenvalue weighted by Crippen LogP contribution is 2.31. The lowest BCUT2D eigenvalue weighted by molar-refractivity contribution is -0.137. The fourth-order valence-corrected chi connectivity index (χ4v) is 2.69. The minimum Gasteiger partial charge on any atom is -0.481 e. The zero-order chi connectivity index (χ0) is 12.1. The molecule has 1 aliphatic carbocycles. The summed E-state index contributed by atoms with van der Waals surface area (Å²) in [6, 6.07) is 0.607. The van der Waals surface area contributed by atoms with Gasteiger partial charge in [0.05, 0.1) is 6.42 Å². The molecule has 16 heavy (non-hydrogen) atoms. The zero-order valence-electron chi connectivity index (χ0n) is 10.8. The van der Waals surface area contributed by atoms with Crippen LogP contribution in [0.1, 0.15) is 46.5 Å². The number of nitrogens with zero attached hydrogens (tertiary/aromatic N) is 1. The molecule has 0 spiro atoms. The van der Waals surface area contributed by atoms with Crippen molar-refractivity contribution < 1.29 is 9.90 Å². The van der Waals surface area contributed by atoms with Crippen LogP contribution in [0.4, 0.5) is 0 Å². The molecule has 0 heterocycles. The van der Waals surface area contributed by atoms with Crippen LogP contribution in [0.15, 0.2) is 0 Å². The summed E-state index contributed by atoms with van der Waals surface area (Å²) in [5.74, 6) is 0.919. The molecule has 3 nitrogen and oxygen atoms in total. The van der Waals surface area contributed by atoms with Gasteiger partial charge in [0.25, 0.3) is 0 Å². The van der Waals surface area contributed by atoms with Gasteiger partial charge in [-0.1, -0.05) is 20.8 Å². The minimum absolute atomic E-state index is 0.272. The van der Waals surface area contributed by atoms with Gasteiger partial charge in [0.1, 0.15) is 0 Å². The Morgan fingerprint density at radius 3 is 2.50 bits per heavy atom. The summed E-state index contributed by atoms with van der Waals surface area (Å²) in [6.45, 7) is 8.46. The molecule has 3 unspecified atom stereocenters. The first-order valence-electron chi connectivity index (χ1n) is 6.50. The first-order chi connectivity index (χ1) is 7.54. The van der Waals surface area contributed by atoms with E-state index in [-0.39, 0.29) is 6.42 Å². The lowest BCUT2D eigenvalue weighted by Gasteiger charge is -2.38. The van der Waals surface area contributed by atoms with Gasteiger partial charge in [0.2, 0.25) is 0 Å². The molecule has 1 saturated carbocycles. The molecule has 0 aromatic rings. The predicted octanol–water partition coefficient (Wildman–Crippen LogP) is 2.61. The maximum atomic E-state index is 10.6. The molecular formula is C13H25NO2. The van der Waals surface area contributed by atoms with Crippen LogP contribution in [-0.2, 0) is 4.79 Å². The number of hydrogen-bond donors (Lipinski definition) is 1. The number of carbonyl (C=O) groups is 1. The molecule has 0 amide bonds. The highest BCUT2D eigenvalue weighted by Gasteiger charge is 2.27. The number of rotatable bonds is 5. The van der Waals surface area contributed by atoms with Gasteiger partial charge in [-0.3, -0.25) is 4.79 Å². The molecule has 3 atom stereocenters. The van der Waals surface area contributed by atoms with E-state index in [1.54, 1.807) is 0 Å². The van der Waals surface area contributed by atoms with Gasteiger partial charge in [0, 0.05) is 12.6 Å². The van der Waals surface area contributed by atoms with Crippen molar-refractivity contribution in [3.05, 3.63) is 0 Å². The van der Waals surface area contributed by atoms with Crippen molar-refractivity contribution in [3.63, 3.8) is 0 Å². The van der Waals surface area contributed by atoms with Crippen LogP contribution in [0, 0.1) is 11.8 Å². The molecule has 1 fully saturated rings. The lowest BCUT2D eigenvalue weighted by atomic mass is 9.78. The standard InChI is InChI=1S/C13H25NO2/c1-4-14(8-7-13(15)16)12-6-5-10(2)11(3)9-12/h10-12H,4-9H2,1-3H3,(H,15,16). The minimum atomic E-state index is -0.685. The van der Waals surface area contributed by atoms with Gasteiger partial charge in [-0.25, -0.2) is 0 Å². The van der Waals surface area contributed by atoms with Crippen molar-refractivity contribution in [1.82, 2.24) is 4.90 Å².